The monoisotopic (exact) mass is 479 g/mol. The maximum atomic E-state index is 13.4. The van der Waals surface area contributed by atoms with Crippen molar-refractivity contribution in [3.63, 3.8) is 0 Å². The summed E-state index contributed by atoms with van der Waals surface area (Å²) in [6.45, 7) is 7.58. The van der Waals surface area contributed by atoms with Crippen LogP contribution in [0.2, 0.25) is 0 Å². The highest BCUT2D eigenvalue weighted by Gasteiger charge is 2.27. The highest BCUT2D eigenvalue weighted by atomic mass is 32.2. The van der Waals surface area contributed by atoms with Crippen molar-refractivity contribution in [3.8, 4) is 5.75 Å². The first-order chi connectivity index (χ1) is 16.2. The van der Waals surface area contributed by atoms with Gasteiger partial charge in [-0.15, -0.1) is 0 Å². The van der Waals surface area contributed by atoms with E-state index in [-0.39, 0.29) is 4.90 Å². The summed E-state index contributed by atoms with van der Waals surface area (Å²) in [5.74, 6) is 0.195. The van der Waals surface area contributed by atoms with Gasteiger partial charge in [-0.05, 0) is 87.4 Å². The molecule has 0 spiro atoms. The van der Waals surface area contributed by atoms with Crippen molar-refractivity contribution in [3.05, 3.63) is 89.5 Å². The van der Waals surface area contributed by atoms with E-state index in [2.05, 4.69) is 10.5 Å². The van der Waals surface area contributed by atoms with Gasteiger partial charge in [0.2, 0.25) is 0 Å². The molecule has 7 nitrogen and oxygen atoms in total. The summed E-state index contributed by atoms with van der Waals surface area (Å²) < 4.78 is 33.4. The second-order valence-corrected chi connectivity index (χ2v) is 9.72. The first-order valence-electron chi connectivity index (χ1n) is 10.9. The van der Waals surface area contributed by atoms with Crippen molar-refractivity contribution in [1.82, 2.24) is 5.43 Å². The van der Waals surface area contributed by atoms with E-state index in [1.165, 1.54) is 0 Å². The van der Waals surface area contributed by atoms with Crippen molar-refractivity contribution in [1.29, 1.82) is 0 Å². The van der Waals surface area contributed by atoms with E-state index in [1.807, 2.05) is 51.1 Å². The van der Waals surface area contributed by atoms with Gasteiger partial charge in [0, 0.05) is 0 Å². The Kier molecular flexibility index (Phi) is 8.07. The van der Waals surface area contributed by atoms with Crippen LogP contribution in [0, 0.1) is 13.8 Å². The average molecular weight is 480 g/mol. The highest BCUT2D eigenvalue weighted by Crippen LogP contribution is 2.24. The molecule has 34 heavy (non-hydrogen) atoms. The Bertz CT molecular complexity index is 1270. The molecule has 0 atom stereocenters. The van der Waals surface area contributed by atoms with E-state index >= 15 is 0 Å². The molecule has 178 valence electrons. The summed E-state index contributed by atoms with van der Waals surface area (Å²) in [6, 6.07) is 20.9. The van der Waals surface area contributed by atoms with E-state index in [0.717, 1.165) is 26.7 Å². The molecule has 0 aliphatic heterocycles. The number of nitrogens with zero attached hydrogens (tertiary/aromatic N) is 2. The minimum atomic E-state index is -3.97. The zero-order valence-corrected chi connectivity index (χ0v) is 20.6. The Balaban J connectivity index is 1.82. The van der Waals surface area contributed by atoms with Crippen LogP contribution in [0.4, 0.5) is 5.69 Å². The Labute approximate surface area is 201 Å². The maximum Gasteiger partial charge on any atom is 0.264 e. The van der Waals surface area contributed by atoms with Gasteiger partial charge in [0.25, 0.3) is 15.9 Å². The van der Waals surface area contributed by atoms with E-state index in [9.17, 15) is 13.2 Å². The third kappa shape index (κ3) is 6.23. The molecule has 0 aliphatic carbocycles. The van der Waals surface area contributed by atoms with E-state index in [1.54, 1.807) is 49.4 Å². The minimum absolute atomic E-state index is 0.112. The lowest BCUT2D eigenvalue weighted by atomic mass is 10.1. The molecule has 0 bridgehead atoms. The molecule has 0 unspecified atom stereocenters. The van der Waals surface area contributed by atoms with Gasteiger partial charge < -0.3 is 4.74 Å². The molecule has 0 saturated carbocycles. The zero-order valence-electron chi connectivity index (χ0n) is 19.8. The lowest BCUT2D eigenvalue weighted by molar-refractivity contribution is -0.119. The second-order valence-electron chi connectivity index (χ2n) is 7.85. The molecule has 0 fully saturated rings. The summed E-state index contributed by atoms with van der Waals surface area (Å²) in [5.41, 5.74) is 6.10. The normalized spacial score (nSPS) is 11.7. The van der Waals surface area contributed by atoms with Crippen molar-refractivity contribution in [2.75, 3.05) is 17.5 Å². The number of carbonyl (C=O) groups is 1. The molecule has 0 aliphatic rings. The number of hydrogen-bond acceptors (Lipinski definition) is 5. The molecular formula is C26H29N3O4S. The van der Waals surface area contributed by atoms with Gasteiger partial charge in [-0.1, -0.05) is 29.8 Å². The summed E-state index contributed by atoms with van der Waals surface area (Å²) >= 11 is 0. The number of amides is 1. The van der Waals surface area contributed by atoms with Gasteiger partial charge in [0.1, 0.15) is 12.3 Å². The molecule has 0 saturated heterocycles. The molecule has 3 aromatic rings. The number of sulfonamides is 1. The van der Waals surface area contributed by atoms with Gasteiger partial charge >= 0.3 is 0 Å². The number of benzene rings is 3. The summed E-state index contributed by atoms with van der Waals surface area (Å²) in [7, 11) is -3.97. The molecular weight excluding hydrogens is 450 g/mol. The van der Waals surface area contributed by atoms with Gasteiger partial charge in [-0.2, -0.15) is 5.10 Å². The highest BCUT2D eigenvalue weighted by molar-refractivity contribution is 7.92. The zero-order chi connectivity index (χ0) is 24.7. The fourth-order valence-electron chi connectivity index (χ4n) is 3.27. The second kappa shape index (κ2) is 11.0. The number of carbonyl (C=O) groups excluding carboxylic acids is 1. The van der Waals surface area contributed by atoms with E-state index < -0.39 is 22.5 Å². The van der Waals surface area contributed by atoms with E-state index in [0.29, 0.717) is 18.0 Å². The Morgan fingerprint density at radius 2 is 1.65 bits per heavy atom. The van der Waals surface area contributed by atoms with Gasteiger partial charge in [0.15, 0.2) is 0 Å². The molecule has 8 heteroatoms. The molecule has 0 aromatic heterocycles. The maximum absolute atomic E-state index is 13.4. The standard InChI is InChI=1S/C26H29N3O4S/c1-5-33-24-13-11-22(12-14-24)21(4)27-28-26(30)18-29(23-8-6-7-20(3)17-23)34(31,32)25-15-9-19(2)10-16-25/h6-17H,5,18H2,1-4H3,(H,28,30)/b27-21-. The van der Waals surface area contributed by atoms with Crippen LogP contribution in [0.15, 0.2) is 82.8 Å². The lowest BCUT2D eigenvalue weighted by Gasteiger charge is -2.24. The summed E-state index contributed by atoms with van der Waals surface area (Å²) in [6.07, 6.45) is 0. The quantitative estimate of drug-likeness (QED) is 0.363. The van der Waals surface area contributed by atoms with E-state index in [4.69, 9.17) is 4.74 Å². The molecule has 1 N–H and O–H groups in total. The smallest absolute Gasteiger partial charge is 0.264 e. The van der Waals surface area contributed by atoms with Crippen molar-refractivity contribution in [2.45, 2.75) is 32.6 Å². The first kappa shape index (κ1) is 25.0. The number of ether oxygens (including phenoxy) is 1. The number of rotatable bonds is 9. The fraction of sp³-hybridized carbons (Fsp3) is 0.231. The number of anilines is 1. The molecule has 0 heterocycles. The topological polar surface area (TPSA) is 88.1 Å². The Morgan fingerprint density at radius 3 is 2.26 bits per heavy atom. The predicted molar refractivity (Wildman–Crippen MR) is 135 cm³/mol. The summed E-state index contributed by atoms with van der Waals surface area (Å²) in [5, 5.41) is 4.16. The van der Waals surface area contributed by atoms with Gasteiger partial charge in [-0.3, -0.25) is 9.10 Å². The molecule has 0 radical (unpaired) electrons. The van der Waals surface area contributed by atoms with Crippen LogP contribution in [0.25, 0.3) is 0 Å². The van der Waals surface area contributed by atoms with Crippen LogP contribution in [0.5, 0.6) is 5.75 Å². The number of aryl methyl sites for hydroxylation is 2. The largest absolute Gasteiger partial charge is 0.494 e. The molecule has 3 rings (SSSR count). The van der Waals surface area contributed by atoms with Crippen molar-refractivity contribution >= 4 is 27.3 Å². The minimum Gasteiger partial charge on any atom is -0.494 e. The van der Waals surface area contributed by atoms with Crippen LogP contribution < -0.4 is 14.5 Å². The van der Waals surface area contributed by atoms with Crippen LogP contribution >= 0.6 is 0 Å². The lowest BCUT2D eigenvalue weighted by Crippen LogP contribution is -2.39. The SMILES string of the molecule is CCOc1ccc(/C(C)=N\NC(=O)CN(c2cccc(C)c2)S(=O)(=O)c2ccc(C)cc2)cc1. The first-order valence-corrected chi connectivity index (χ1v) is 12.4. The van der Waals surface area contributed by atoms with Crippen molar-refractivity contribution < 1.29 is 17.9 Å². The van der Waals surface area contributed by atoms with Crippen LogP contribution in [0.1, 0.15) is 30.5 Å². The van der Waals surface area contributed by atoms with Gasteiger partial charge in [-0.25, -0.2) is 13.8 Å². The van der Waals surface area contributed by atoms with Crippen LogP contribution in [-0.2, 0) is 14.8 Å². The van der Waals surface area contributed by atoms with Gasteiger partial charge in [0.05, 0.1) is 22.9 Å². The summed E-state index contributed by atoms with van der Waals surface area (Å²) in [4.78, 5) is 12.9. The predicted octanol–water partition coefficient (Wildman–Crippen LogP) is 4.44. The Morgan fingerprint density at radius 1 is 0.971 bits per heavy atom. The average Bonchev–Trinajstić information content (AvgIpc) is 2.82. The number of hydrazone groups is 1. The molecule has 3 aromatic carbocycles. The van der Waals surface area contributed by atoms with Crippen LogP contribution in [0.3, 0.4) is 0 Å². The van der Waals surface area contributed by atoms with Crippen molar-refractivity contribution in [2.24, 2.45) is 5.10 Å². The Hall–Kier alpha value is -3.65. The fourth-order valence-corrected chi connectivity index (χ4v) is 4.68. The third-order valence-corrected chi connectivity index (χ3v) is 6.91. The number of hydrogen-bond donors (Lipinski definition) is 1. The van der Waals surface area contributed by atoms with Crippen LogP contribution in [-0.4, -0.2) is 33.2 Å². The number of nitrogens with one attached hydrogen (secondary N) is 1. The third-order valence-electron chi connectivity index (χ3n) is 5.12. The molecule has 1 amide bonds.